The molecule has 3 nitrogen and oxygen atoms in total. The highest BCUT2D eigenvalue weighted by Crippen LogP contribution is 2.35. The van der Waals surface area contributed by atoms with Crippen molar-refractivity contribution in [1.29, 1.82) is 0 Å². The summed E-state index contributed by atoms with van der Waals surface area (Å²) in [5.74, 6) is -0.0738. The molecule has 0 radical (unpaired) electrons. The van der Waals surface area contributed by atoms with Crippen molar-refractivity contribution in [1.82, 2.24) is 0 Å². The number of carbonyl (C=O) groups excluding carboxylic acids is 1. The van der Waals surface area contributed by atoms with Gasteiger partial charge in [0, 0.05) is 4.83 Å². The molecule has 0 bridgehead atoms. The lowest BCUT2D eigenvalue weighted by Crippen LogP contribution is -2.24. The van der Waals surface area contributed by atoms with Gasteiger partial charge in [-0.1, -0.05) is 48.5 Å². The van der Waals surface area contributed by atoms with Crippen LogP contribution in [0, 0.1) is 5.92 Å². The van der Waals surface area contributed by atoms with Crippen molar-refractivity contribution in [2.24, 2.45) is 5.92 Å². The minimum Gasteiger partial charge on any atom is -0.466 e. The number of carbonyl (C=O) groups is 1. The van der Waals surface area contributed by atoms with Crippen molar-refractivity contribution in [3.63, 3.8) is 0 Å². The maximum atomic E-state index is 11.8. The number of halogens is 1. The molecule has 0 aromatic heterocycles. The summed E-state index contributed by atoms with van der Waals surface area (Å²) in [6, 6.07) is 0. The molecule has 4 heteroatoms. The molecule has 4 unspecified atom stereocenters. The van der Waals surface area contributed by atoms with E-state index in [-0.39, 0.29) is 28.9 Å². The lowest BCUT2D eigenvalue weighted by molar-refractivity contribution is -0.148. The minimum atomic E-state index is -0.0707. The Balaban J connectivity index is 2.27. The predicted molar refractivity (Wildman–Crippen MR) is 85.2 cm³/mol. The highest BCUT2D eigenvalue weighted by molar-refractivity contribution is 9.09. The molecule has 0 aliphatic heterocycles. The first kappa shape index (κ1) is 18.0. The number of hydrogen-bond donors (Lipinski definition) is 0. The Labute approximate surface area is 131 Å². The summed E-state index contributed by atoms with van der Waals surface area (Å²) >= 11 is 3.65. The van der Waals surface area contributed by atoms with Gasteiger partial charge in [0.25, 0.3) is 0 Å². The molecule has 1 aliphatic rings. The summed E-state index contributed by atoms with van der Waals surface area (Å²) in [4.78, 5) is 12.0. The number of unbranched alkanes of at least 4 members (excludes halogenated alkanes) is 3. The van der Waals surface area contributed by atoms with E-state index >= 15 is 0 Å². The second-order valence-electron chi connectivity index (χ2n) is 5.77. The van der Waals surface area contributed by atoms with Gasteiger partial charge in [-0.05, 0) is 33.1 Å². The van der Waals surface area contributed by atoms with E-state index in [9.17, 15) is 4.79 Å². The summed E-state index contributed by atoms with van der Waals surface area (Å²) in [5, 5.41) is 0. The monoisotopic (exact) mass is 348 g/mol. The first-order valence-electron chi connectivity index (χ1n) is 8.04. The smallest absolute Gasteiger partial charge is 0.309 e. The lowest BCUT2D eigenvalue weighted by Gasteiger charge is -2.21. The number of esters is 1. The van der Waals surface area contributed by atoms with E-state index in [1.807, 2.05) is 6.92 Å². The van der Waals surface area contributed by atoms with E-state index in [0.717, 1.165) is 19.3 Å². The van der Waals surface area contributed by atoms with Crippen molar-refractivity contribution in [3.05, 3.63) is 0 Å². The molecule has 118 valence electrons. The van der Waals surface area contributed by atoms with Crippen LogP contribution in [0.3, 0.4) is 0 Å². The zero-order valence-electron chi connectivity index (χ0n) is 13.1. The summed E-state index contributed by atoms with van der Waals surface area (Å²) in [6.45, 7) is 6.68. The van der Waals surface area contributed by atoms with Gasteiger partial charge >= 0.3 is 5.97 Å². The average molecular weight is 349 g/mol. The van der Waals surface area contributed by atoms with Gasteiger partial charge in [0.05, 0.1) is 24.7 Å². The van der Waals surface area contributed by atoms with Crippen LogP contribution in [-0.4, -0.2) is 29.6 Å². The first-order valence-corrected chi connectivity index (χ1v) is 8.96. The quantitative estimate of drug-likeness (QED) is 0.350. The predicted octanol–water partition coefficient (Wildman–Crippen LogP) is 4.47. The van der Waals surface area contributed by atoms with Crippen LogP contribution in [0.15, 0.2) is 0 Å². The van der Waals surface area contributed by atoms with Gasteiger partial charge in [-0.25, -0.2) is 0 Å². The molecule has 0 spiro atoms. The molecular formula is C16H29BrO3. The van der Waals surface area contributed by atoms with Crippen molar-refractivity contribution in [3.8, 4) is 0 Å². The molecule has 0 amide bonds. The number of hydrogen-bond acceptors (Lipinski definition) is 3. The van der Waals surface area contributed by atoms with Gasteiger partial charge in [-0.15, -0.1) is 0 Å². The molecule has 0 heterocycles. The lowest BCUT2D eigenvalue weighted by atomic mass is 10.1. The second-order valence-corrected chi connectivity index (χ2v) is 6.95. The van der Waals surface area contributed by atoms with E-state index in [1.165, 1.54) is 25.7 Å². The maximum absolute atomic E-state index is 11.8. The zero-order chi connectivity index (χ0) is 15.0. The van der Waals surface area contributed by atoms with Crippen LogP contribution in [0.2, 0.25) is 0 Å². The van der Waals surface area contributed by atoms with E-state index < -0.39 is 0 Å². The van der Waals surface area contributed by atoms with E-state index in [4.69, 9.17) is 9.47 Å². The summed E-state index contributed by atoms with van der Waals surface area (Å²) < 4.78 is 11.2. The van der Waals surface area contributed by atoms with Gasteiger partial charge in [-0.2, -0.15) is 0 Å². The number of rotatable bonds is 9. The molecule has 0 aromatic carbocycles. The largest absolute Gasteiger partial charge is 0.466 e. The van der Waals surface area contributed by atoms with Crippen LogP contribution in [0.25, 0.3) is 0 Å². The summed E-state index contributed by atoms with van der Waals surface area (Å²) in [6.07, 6.45) is 8.24. The van der Waals surface area contributed by atoms with Gasteiger partial charge < -0.3 is 9.47 Å². The fourth-order valence-electron chi connectivity index (χ4n) is 2.77. The third-order valence-corrected chi connectivity index (χ3v) is 4.88. The average Bonchev–Trinajstić information content (AvgIpc) is 2.77. The van der Waals surface area contributed by atoms with Crippen molar-refractivity contribution < 1.29 is 14.3 Å². The van der Waals surface area contributed by atoms with Crippen LogP contribution < -0.4 is 0 Å². The molecule has 20 heavy (non-hydrogen) atoms. The van der Waals surface area contributed by atoms with Gasteiger partial charge in [0.15, 0.2) is 0 Å². The standard InChI is InChI=1S/C16H29BrO3/c1-4-6-7-8-9-12(3)20-15-11-13(10-14(15)17)16(18)19-5-2/h12-15H,4-11H2,1-3H3. The third kappa shape index (κ3) is 6.13. The molecule has 1 fully saturated rings. The van der Waals surface area contributed by atoms with Crippen LogP contribution in [0.5, 0.6) is 0 Å². The fourth-order valence-corrected chi connectivity index (χ4v) is 3.56. The Morgan fingerprint density at radius 1 is 1.25 bits per heavy atom. The first-order chi connectivity index (χ1) is 9.58. The Hall–Kier alpha value is -0.0900. The summed E-state index contributed by atoms with van der Waals surface area (Å²) in [7, 11) is 0. The Morgan fingerprint density at radius 2 is 2.00 bits per heavy atom. The number of ether oxygens (including phenoxy) is 2. The molecule has 0 saturated heterocycles. The van der Waals surface area contributed by atoms with Crippen molar-refractivity contribution in [2.75, 3.05) is 6.61 Å². The van der Waals surface area contributed by atoms with E-state index in [2.05, 4.69) is 29.8 Å². The van der Waals surface area contributed by atoms with Crippen LogP contribution >= 0.6 is 15.9 Å². The zero-order valence-corrected chi connectivity index (χ0v) is 14.7. The minimum absolute atomic E-state index is 0.00313. The normalized spacial score (nSPS) is 27.5. The molecular weight excluding hydrogens is 320 g/mol. The SMILES string of the molecule is CCCCCCC(C)OC1CC(C(=O)OCC)CC1Br. The van der Waals surface area contributed by atoms with Crippen LogP contribution in [0.1, 0.15) is 65.7 Å². The molecule has 1 aliphatic carbocycles. The van der Waals surface area contributed by atoms with E-state index in [0.29, 0.717) is 6.61 Å². The molecule has 0 N–H and O–H groups in total. The van der Waals surface area contributed by atoms with Gasteiger partial charge in [0.1, 0.15) is 0 Å². The second kappa shape index (κ2) is 9.78. The van der Waals surface area contributed by atoms with E-state index in [1.54, 1.807) is 0 Å². The molecule has 1 saturated carbocycles. The van der Waals surface area contributed by atoms with Crippen LogP contribution in [0.4, 0.5) is 0 Å². The Morgan fingerprint density at radius 3 is 2.65 bits per heavy atom. The van der Waals surface area contributed by atoms with Crippen molar-refractivity contribution in [2.45, 2.75) is 82.8 Å². The highest BCUT2D eigenvalue weighted by atomic mass is 79.9. The van der Waals surface area contributed by atoms with Crippen LogP contribution in [-0.2, 0) is 14.3 Å². The van der Waals surface area contributed by atoms with Crippen molar-refractivity contribution >= 4 is 21.9 Å². The highest BCUT2D eigenvalue weighted by Gasteiger charge is 2.38. The Kier molecular flexibility index (Phi) is 8.78. The fraction of sp³-hybridized carbons (Fsp3) is 0.938. The maximum Gasteiger partial charge on any atom is 0.309 e. The topological polar surface area (TPSA) is 35.5 Å². The number of alkyl halides is 1. The summed E-state index contributed by atoms with van der Waals surface area (Å²) in [5.41, 5.74) is 0. The van der Waals surface area contributed by atoms with Gasteiger partial charge in [-0.3, -0.25) is 4.79 Å². The molecule has 1 rings (SSSR count). The molecule has 0 aromatic rings. The van der Waals surface area contributed by atoms with Gasteiger partial charge in [0.2, 0.25) is 0 Å². The Bertz CT molecular complexity index is 283. The molecule has 4 atom stereocenters. The third-order valence-electron chi connectivity index (χ3n) is 3.92.